The quantitative estimate of drug-likeness (QED) is 0.610. The zero-order valence-corrected chi connectivity index (χ0v) is 9.48. The molecule has 0 aromatic heterocycles. The Balaban J connectivity index is 4.24. The van der Waals surface area contributed by atoms with Crippen molar-refractivity contribution < 1.29 is 0 Å². The minimum atomic E-state index is 0.521. The summed E-state index contributed by atoms with van der Waals surface area (Å²) in [6.07, 6.45) is 4.06. The lowest BCUT2D eigenvalue weighted by Crippen LogP contribution is -1.94. The van der Waals surface area contributed by atoms with E-state index in [0.717, 1.165) is 0 Å². The lowest BCUT2D eigenvalue weighted by molar-refractivity contribution is 0.757. The van der Waals surface area contributed by atoms with Gasteiger partial charge in [-0.1, -0.05) is 27.7 Å². The highest BCUT2D eigenvalue weighted by Crippen LogP contribution is 2.14. The molecule has 0 heterocycles. The van der Waals surface area contributed by atoms with Crippen molar-refractivity contribution >= 4 is 18.0 Å². The van der Waals surface area contributed by atoms with E-state index in [1.807, 2.05) is 6.21 Å². The van der Waals surface area contributed by atoms with Crippen LogP contribution >= 0.6 is 11.8 Å². The Hall–Kier alpha value is -0.240. The highest BCUT2D eigenvalue weighted by Gasteiger charge is 1.99. The third-order valence-electron chi connectivity index (χ3n) is 1.35. The summed E-state index contributed by atoms with van der Waals surface area (Å²) < 4.78 is 0. The molecule has 0 rings (SSSR count). The topological polar surface area (TPSA) is 12.4 Å². The van der Waals surface area contributed by atoms with Crippen LogP contribution in [0.5, 0.6) is 0 Å². The van der Waals surface area contributed by atoms with Gasteiger partial charge >= 0.3 is 0 Å². The number of allylic oxidation sites excluding steroid dienone is 1. The molecule has 0 aliphatic rings. The van der Waals surface area contributed by atoms with Gasteiger partial charge in [-0.2, -0.15) is 0 Å². The zero-order valence-electron chi connectivity index (χ0n) is 8.66. The average molecular weight is 185 g/mol. The summed E-state index contributed by atoms with van der Waals surface area (Å²) in [5, 5.41) is 2.11. The summed E-state index contributed by atoms with van der Waals surface area (Å²) in [6.45, 7) is 8.61. The third kappa shape index (κ3) is 5.42. The Bertz CT molecular complexity index is 169. The second kappa shape index (κ2) is 6.30. The lowest BCUT2D eigenvalue weighted by Gasteiger charge is -2.05. The standard InChI is InChI=1S/C10H19NS/c1-8(2)6-11-10(7-12-5)9(3)4/h6-9H,1-5H3/b10-7-,11-6?. The highest BCUT2D eigenvalue weighted by atomic mass is 32.2. The van der Waals surface area contributed by atoms with E-state index < -0.39 is 0 Å². The van der Waals surface area contributed by atoms with E-state index in [4.69, 9.17) is 0 Å². The predicted molar refractivity (Wildman–Crippen MR) is 59.8 cm³/mol. The first kappa shape index (κ1) is 11.8. The number of hydrogen-bond donors (Lipinski definition) is 0. The zero-order chi connectivity index (χ0) is 9.56. The van der Waals surface area contributed by atoms with Crippen LogP contribution in [0.1, 0.15) is 27.7 Å². The molecule has 0 atom stereocenters. The van der Waals surface area contributed by atoms with E-state index in [-0.39, 0.29) is 0 Å². The molecule has 0 fully saturated rings. The smallest absolute Gasteiger partial charge is 0.0487 e. The van der Waals surface area contributed by atoms with Gasteiger partial charge in [-0.3, -0.25) is 4.99 Å². The molecule has 0 amide bonds. The minimum Gasteiger partial charge on any atom is -0.265 e. The summed E-state index contributed by atoms with van der Waals surface area (Å²) in [5.41, 5.74) is 1.18. The molecule has 0 unspecified atom stereocenters. The van der Waals surface area contributed by atoms with Crippen LogP contribution in [-0.2, 0) is 0 Å². The largest absolute Gasteiger partial charge is 0.265 e. The molecule has 0 aromatic rings. The SMILES string of the molecule is CS/C=C(\N=CC(C)C)C(C)C. The summed E-state index contributed by atoms with van der Waals surface area (Å²) in [5.74, 6) is 1.06. The molecule has 2 heteroatoms. The number of aliphatic imine (C=N–C) groups is 1. The Morgan fingerprint density at radius 3 is 2.17 bits per heavy atom. The van der Waals surface area contributed by atoms with Crippen molar-refractivity contribution in [2.24, 2.45) is 16.8 Å². The van der Waals surface area contributed by atoms with Crippen LogP contribution in [-0.4, -0.2) is 12.5 Å². The fraction of sp³-hybridized carbons (Fsp3) is 0.700. The van der Waals surface area contributed by atoms with Crippen molar-refractivity contribution in [2.45, 2.75) is 27.7 Å². The summed E-state index contributed by atoms with van der Waals surface area (Å²) in [4.78, 5) is 4.43. The first-order valence-corrected chi connectivity index (χ1v) is 5.63. The van der Waals surface area contributed by atoms with Crippen LogP contribution < -0.4 is 0 Å². The molecular weight excluding hydrogens is 166 g/mol. The second-order valence-electron chi connectivity index (χ2n) is 3.46. The minimum absolute atomic E-state index is 0.521. The van der Waals surface area contributed by atoms with Gasteiger partial charge < -0.3 is 0 Å². The van der Waals surface area contributed by atoms with Crippen LogP contribution in [0.3, 0.4) is 0 Å². The first-order chi connectivity index (χ1) is 5.57. The fourth-order valence-corrected chi connectivity index (χ4v) is 1.25. The van der Waals surface area contributed by atoms with Gasteiger partial charge in [0.25, 0.3) is 0 Å². The van der Waals surface area contributed by atoms with Crippen LogP contribution in [0.2, 0.25) is 0 Å². The van der Waals surface area contributed by atoms with Crippen molar-refractivity contribution in [1.29, 1.82) is 0 Å². The normalized spacial score (nSPS) is 13.8. The molecule has 0 saturated heterocycles. The highest BCUT2D eigenvalue weighted by molar-refractivity contribution is 8.01. The molecule has 0 N–H and O–H groups in total. The third-order valence-corrected chi connectivity index (χ3v) is 1.83. The Morgan fingerprint density at radius 1 is 1.25 bits per heavy atom. The van der Waals surface area contributed by atoms with Gasteiger partial charge in [0.1, 0.15) is 0 Å². The molecule has 0 spiro atoms. The number of thioether (sulfide) groups is 1. The molecule has 0 saturated carbocycles. The molecular formula is C10H19NS. The van der Waals surface area contributed by atoms with Crippen LogP contribution in [0, 0.1) is 11.8 Å². The Labute approximate surface area is 80.4 Å². The predicted octanol–water partition coefficient (Wildman–Crippen LogP) is 3.57. The van der Waals surface area contributed by atoms with Crippen LogP contribution in [0.4, 0.5) is 0 Å². The number of hydrogen-bond acceptors (Lipinski definition) is 2. The van der Waals surface area contributed by atoms with E-state index in [0.29, 0.717) is 11.8 Å². The van der Waals surface area contributed by atoms with Crippen molar-refractivity contribution in [1.82, 2.24) is 0 Å². The van der Waals surface area contributed by atoms with Gasteiger partial charge in [0.2, 0.25) is 0 Å². The molecule has 1 nitrogen and oxygen atoms in total. The van der Waals surface area contributed by atoms with Gasteiger partial charge in [0, 0.05) is 11.9 Å². The maximum Gasteiger partial charge on any atom is 0.0487 e. The summed E-state index contributed by atoms with van der Waals surface area (Å²) in [6, 6.07) is 0. The maximum atomic E-state index is 4.43. The molecule has 70 valence electrons. The second-order valence-corrected chi connectivity index (χ2v) is 4.16. The van der Waals surface area contributed by atoms with Crippen molar-refractivity contribution in [2.75, 3.05) is 6.26 Å². The van der Waals surface area contributed by atoms with Gasteiger partial charge in [-0.25, -0.2) is 0 Å². The van der Waals surface area contributed by atoms with Gasteiger partial charge in [-0.05, 0) is 23.5 Å². The van der Waals surface area contributed by atoms with E-state index in [2.05, 4.69) is 44.4 Å². The van der Waals surface area contributed by atoms with Crippen molar-refractivity contribution in [3.8, 4) is 0 Å². The molecule has 0 bridgehead atoms. The lowest BCUT2D eigenvalue weighted by atomic mass is 10.1. The molecule has 0 radical (unpaired) electrons. The molecule has 0 aliphatic heterocycles. The van der Waals surface area contributed by atoms with Crippen molar-refractivity contribution in [3.05, 3.63) is 11.1 Å². The molecule has 0 aromatic carbocycles. The van der Waals surface area contributed by atoms with Gasteiger partial charge in [0.15, 0.2) is 0 Å². The van der Waals surface area contributed by atoms with E-state index in [1.165, 1.54) is 5.70 Å². The van der Waals surface area contributed by atoms with Crippen LogP contribution in [0.15, 0.2) is 16.1 Å². The van der Waals surface area contributed by atoms with Gasteiger partial charge in [0.05, 0.1) is 0 Å². The summed E-state index contributed by atoms with van der Waals surface area (Å²) >= 11 is 1.71. The number of nitrogens with zero attached hydrogens (tertiary/aromatic N) is 1. The van der Waals surface area contributed by atoms with E-state index in [9.17, 15) is 0 Å². The average Bonchev–Trinajstić information content (AvgIpc) is 1.96. The molecule has 0 aliphatic carbocycles. The van der Waals surface area contributed by atoms with Crippen molar-refractivity contribution in [3.63, 3.8) is 0 Å². The Kier molecular flexibility index (Phi) is 6.17. The monoisotopic (exact) mass is 185 g/mol. The first-order valence-electron chi connectivity index (χ1n) is 4.35. The fourth-order valence-electron chi connectivity index (χ4n) is 0.671. The van der Waals surface area contributed by atoms with Crippen LogP contribution in [0.25, 0.3) is 0 Å². The maximum absolute atomic E-state index is 4.43. The number of rotatable bonds is 4. The molecule has 12 heavy (non-hydrogen) atoms. The Morgan fingerprint density at radius 2 is 1.83 bits per heavy atom. The van der Waals surface area contributed by atoms with E-state index >= 15 is 0 Å². The van der Waals surface area contributed by atoms with Gasteiger partial charge in [-0.15, -0.1) is 11.8 Å². The summed E-state index contributed by atoms with van der Waals surface area (Å²) in [7, 11) is 0. The van der Waals surface area contributed by atoms with E-state index in [1.54, 1.807) is 11.8 Å².